The summed E-state index contributed by atoms with van der Waals surface area (Å²) in [6, 6.07) is 0.821. The summed E-state index contributed by atoms with van der Waals surface area (Å²) in [4.78, 5) is 22.0. The van der Waals surface area contributed by atoms with E-state index in [9.17, 15) is 23.7 Å². The molecule has 76 valence electrons. The number of aromatic nitrogens is 1. The van der Waals surface area contributed by atoms with Crippen LogP contribution in [0.1, 0.15) is 17.6 Å². The van der Waals surface area contributed by atoms with Crippen LogP contribution in [0.4, 0.5) is 14.6 Å². The molecule has 0 saturated carbocycles. The minimum absolute atomic E-state index is 0.0194. The van der Waals surface area contributed by atoms with Crippen LogP contribution in [-0.4, -0.2) is 9.91 Å². The van der Waals surface area contributed by atoms with Gasteiger partial charge in [-0.15, -0.1) is 0 Å². The number of nitrogens with zero attached hydrogens (tertiary/aromatic N) is 1. The average molecular weight is 204 g/mol. The lowest BCUT2D eigenvalue weighted by Crippen LogP contribution is -2.13. The fraction of sp³-hybridized carbons (Fsp3) is 0.286. The van der Waals surface area contributed by atoms with Crippen LogP contribution in [0.3, 0.4) is 0 Å². The van der Waals surface area contributed by atoms with Crippen molar-refractivity contribution < 1.29 is 13.7 Å². The van der Waals surface area contributed by atoms with Gasteiger partial charge in [-0.05, 0) is 17.9 Å². The number of nitro groups is 1. The molecule has 0 radical (unpaired) electrons. The molecule has 1 heterocycles. The molecule has 0 aromatic carbocycles. The second kappa shape index (κ2) is 3.52. The number of aryl methyl sites for hydroxylation is 1. The molecule has 0 amide bonds. The minimum atomic E-state index is -2.98. The van der Waals surface area contributed by atoms with Crippen LogP contribution >= 0.6 is 0 Å². The van der Waals surface area contributed by atoms with Crippen LogP contribution in [0.5, 0.6) is 0 Å². The van der Waals surface area contributed by atoms with E-state index in [1.54, 1.807) is 4.98 Å². The molecule has 14 heavy (non-hydrogen) atoms. The van der Waals surface area contributed by atoms with E-state index in [0.717, 1.165) is 6.07 Å². The Morgan fingerprint density at radius 3 is 2.57 bits per heavy atom. The number of hydrogen-bond donors (Lipinski definition) is 1. The Balaban J connectivity index is 3.47. The first kappa shape index (κ1) is 10.3. The molecular formula is C7H6F2N2O3. The summed E-state index contributed by atoms with van der Waals surface area (Å²) in [6.07, 6.45) is -2.98. The third kappa shape index (κ3) is 1.76. The van der Waals surface area contributed by atoms with Gasteiger partial charge in [-0.1, -0.05) is 0 Å². The van der Waals surface area contributed by atoms with E-state index < -0.39 is 28.3 Å². The van der Waals surface area contributed by atoms with Crippen LogP contribution in [0.2, 0.25) is 0 Å². The fourth-order valence-corrected chi connectivity index (χ4v) is 0.963. The molecule has 0 spiro atoms. The van der Waals surface area contributed by atoms with Crippen molar-refractivity contribution in [2.45, 2.75) is 13.3 Å². The predicted molar refractivity (Wildman–Crippen MR) is 43.4 cm³/mol. The molecule has 1 aromatic rings. The number of H-pyrrole nitrogens is 1. The Kier molecular flexibility index (Phi) is 2.59. The highest BCUT2D eigenvalue weighted by Gasteiger charge is 2.22. The van der Waals surface area contributed by atoms with Crippen molar-refractivity contribution in [3.8, 4) is 0 Å². The van der Waals surface area contributed by atoms with Gasteiger partial charge in [0.25, 0.3) is 6.43 Å². The van der Waals surface area contributed by atoms with Gasteiger partial charge in [0.2, 0.25) is 0 Å². The van der Waals surface area contributed by atoms with Gasteiger partial charge in [-0.25, -0.2) is 18.6 Å². The van der Waals surface area contributed by atoms with Crippen LogP contribution in [0.25, 0.3) is 0 Å². The van der Waals surface area contributed by atoms with Gasteiger partial charge < -0.3 is 10.1 Å². The molecule has 0 aliphatic rings. The van der Waals surface area contributed by atoms with Crippen molar-refractivity contribution >= 4 is 5.82 Å². The molecule has 5 nitrogen and oxygen atoms in total. The van der Waals surface area contributed by atoms with E-state index in [-0.39, 0.29) is 5.56 Å². The van der Waals surface area contributed by atoms with E-state index in [1.807, 2.05) is 0 Å². The second-order valence-electron chi connectivity index (χ2n) is 2.64. The van der Waals surface area contributed by atoms with Gasteiger partial charge >= 0.3 is 11.4 Å². The standard InChI is InChI=1S/C7H6F2N2O3/c1-3-2-4(5(8)9)6(11(13)14)10-7(3)12/h2,5H,1H3,(H,10,12). The first-order chi connectivity index (χ1) is 6.43. The lowest BCUT2D eigenvalue weighted by Gasteiger charge is -2.02. The molecule has 0 aliphatic carbocycles. The normalized spacial score (nSPS) is 10.6. The maximum atomic E-state index is 12.3. The van der Waals surface area contributed by atoms with E-state index in [2.05, 4.69) is 0 Å². The van der Waals surface area contributed by atoms with E-state index in [4.69, 9.17) is 0 Å². The van der Waals surface area contributed by atoms with Crippen molar-refractivity contribution in [3.05, 3.63) is 37.7 Å². The molecular weight excluding hydrogens is 198 g/mol. The zero-order chi connectivity index (χ0) is 10.9. The van der Waals surface area contributed by atoms with Crippen molar-refractivity contribution in [1.29, 1.82) is 0 Å². The van der Waals surface area contributed by atoms with Crippen molar-refractivity contribution in [3.63, 3.8) is 0 Å². The number of hydrogen-bond acceptors (Lipinski definition) is 3. The monoisotopic (exact) mass is 204 g/mol. The smallest absolute Gasteiger partial charge is 0.334 e. The predicted octanol–water partition coefficient (Wildman–Crippen LogP) is 1.53. The highest BCUT2D eigenvalue weighted by atomic mass is 19.3. The average Bonchev–Trinajstić information content (AvgIpc) is 2.08. The summed E-state index contributed by atoms with van der Waals surface area (Å²) in [7, 11) is 0. The fourth-order valence-electron chi connectivity index (χ4n) is 0.963. The van der Waals surface area contributed by atoms with Crippen molar-refractivity contribution in [2.24, 2.45) is 0 Å². The molecule has 0 fully saturated rings. The topological polar surface area (TPSA) is 76.0 Å². The Hall–Kier alpha value is -1.79. The number of pyridine rings is 1. The minimum Gasteiger partial charge on any atom is -0.358 e. The Morgan fingerprint density at radius 1 is 1.57 bits per heavy atom. The van der Waals surface area contributed by atoms with Gasteiger partial charge in [0.1, 0.15) is 5.56 Å². The van der Waals surface area contributed by atoms with Crippen molar-refractivity contribution in [1.82, 2.24) is 4.98 Å². The molecule has 0 atom stereocenters. The summed E-state index contributed by atoms with van der Waals surface area (Å²) >= 11 is 0. The maximum Gasteiger partial charge on any atom is 0.334 e. The zero-order valence-corrected chi connectivity index (χ0v) is 7.08. The number of alkyl halides is 2. The Bertz CT molecular complexity index is 427. The first-order valence-electron chi connectivity index (χ1n) is 3.60. The van der Waals surface area contributed by atoms with Crippen LogP contribution in [0.15, 0.2) is 10.9 Å². The maximum absolute atomic E-state index is 12.3. The summed E-state index contributed by atoms with van der Waals surface area (Å²) in [6.45, 7) is 1.30. The highest BCUT2D eigenvalue weighted by Crippen LogP contribution is 2.25. The number of nitrogens with one attached hydrogen (secondary N) is 1. The van der Waals surface area contributed by atoms with Gasteiger partial charge in [0.05, 0.1) is 0 Å². The first-order valence-corrected chi connectivity index (χ1v) is 3.60. The molecule has 0 saturated heterocycles. The van der Waals surface area contributed by atoms with E-state index in [0.29, 0.717) is 0 Å². The molecule has 1 rings (SSSR count). The number of aromatic amines is 1. The third-order valence-corrected chi connectivity index (χ3v) is 1.65. The summed E-state index contributed by atoms with van der Waals surface area (Å²) in [5, 5.41) is 10.3. The highest BCUT2D eigenvalue weighted by molar-refractivity contribution is 5.35. The zero-order valence-electron chi connectivity index (χ0n) is 7.08. The molecule has 0 bridgehead atoms. The largest absolute Gasteiger partial charge is 0.358 e. The van der Waals surface area contributed by atoms with Crippen LogP contribution in [-0.2, 0) is 0 Å². The van der Waals surface area contributed by atoms with Crippen LogP contribution in [0, 0.1) is 17.0 Å². The van der Waals surface area contributed by atoms with Crippen LogP contribution < -0.4 is 5.56 Å². The summed E-state index contributed by atoms with van der Waals surface area (Å²) in [5.74, 6) is -0.949. The van der Waals surface area contributed by atoms with Gasteiger partial charge in [0.15, 0.2) is 0 Å². The Morgan fingerprint density at radius 2 is 2.14 bits per heavy atom. The van der Waals surface area contributed by atoms with E-state index >= 15 is 0 Å². The second-order valence-corrected chi connectivity index (χ2v) is 2.64. The Labute approximate surface area is 76.5 Å². The number of rotatable bonds is 2. The molecule has 0 aliphatic heterocycles. The van der Waals surface area contributed by atoms with Gasteiger partial charge in [-0.2, -0.15) is 0 Å². The summed E-state index contributed by atoms with van der Waals surface area (Å²) < 4.78 is 24.5. The lowest BCUT2D eigenvalue weighted by atomic mass is 10.2. The molecule has 1 aromatic heterocycles. The van der Waals surface area contributed by atoms with Crippen molar-refractivity contribution in [2.75, 3.05) is 0 Å². The van der Waals surface area contributed by atoms with E-state index in [1.165, 1.54) is 6.92 Å². The molecule has 1 N–H and O–H groups in total. The summed E-state index contributed by atoms with van der Waals surface area (Å²) in [5.41, 5.74) is -1.49. The SMILES string of the molecule is Cc1cc(C(F)F)c([N+](=O)[O-])[nH]c1=O. The molecule has 7 heteroatoms. The molecule has 0 unspecified atom stereocenters. The quantitative estimate of drug-likeness (QED) is 0.586. The third-order valence-electron chi connectivity index (χ3n) is 1.65. The van der Waals surface area contributed by atoms with Gasteiger partial charge in [0, 0.05) is 5.56 Å². The lowest BCUT2D eigenvalue weighted by molar-refractivity contribution is -0.391. The number of halogens is 2. The van der Waals surface area contributed by atoms with Gasteiger partial charge in [-0.3, -0.25) is 0 Å².